The molecule has 0 atom stereocenters. The van der Waals surface area contributed by atoms with E-state index in [-0.39, 0.29) is 11.8 Å². The maximum atomic E-state index is 12.1. The first-order valence-corrected chi connectivity index (χ1v) is 7.38. The lowest BCUT2D eigenvalue weighted by atomic mass is 10.2. The van der Waals surface area contributed by atoms with Gasteiger partial charge in [-0.1, -0.05) is 6.07 Å². The van der Waals surface area contributed by atoms with E-state index < -0.39 is 0 Å². The fourth-order valence-electron chi connectivity index (χ4n) is 1.89. The predicted molar refractivity (Wildman–Crippen MR) is 81.3 cm³/mol. The smallest absolute Gasteiger partial charge is 0.260 e. The zero-order chi connectivity index (χ0) is 14.8. The van der Waals surface area contributed by atoms with Crippen LogP contribution in [0.2, 0.25) is 0 Å². The minimum absolute atomic E-state index is 0.113. The number of amides is 2. The monoisotopic (exact) mass is 348 g/mol. The molecule has 0 unspecified atom stereocenters. The van der Waals surface area contributed by atoms with Crippen molar-refractivity contribution in [3.8, 4) is 0 Å². The number of hydrogen-bond acceptors (Lipinski definition) is 3. The maximum absolute atomic E-state index is 12.1. The van der Waals surface area contributed by atoms with Gasteiger partial charge in [-0.2, -0.15) is 0 Å². The molecule has 0 radical (unpaired) electrons. The van der Waals surface area contributed by atoms with Crippen molar-refractivity contribution in [3.63, 3.8) is 0 Å². The number of carbonyl (C=O) groups is 2. The van der Waals surface area contributed by atoms with Crippen molar-refractivity contribution in [2.45, 2.75) is 18.9 Å². The Hall–Kier alpha value is -2.08. The average molecular weight is 349 g/mol. The minimum atomic E-state index is -0.296. The summed E-state index contributed by atoms with van der Waals surface area (Å²) in [6.07, 6.45) is 3.51. The topological polar surface area (TPSA) is 71.3 Å². The molecule has 1 heterocycles. The molecule has 1 aromatic carbocycles. The summed E-state index contributed by atoms with van der Waals surface area (Å²) in [5.41, 5.74) is 1.50. The number of furan rings is 1. The Bertz CT molecular complexity index is 692. The van der Waals surface area contributed by atoms with Gasteiger partial charge in [-0.05, 0) is 53.0 Å². The third-order valence-corrected chi connectivity index (χ3v) is 3.77. The molecule has 0 saturated heterocycles. The number of nitrogens with one attached hydrogen (secondary N) is 2. The van der Waals surface area contributed by atoms with E-state index in [0.717, 1.165) is 12.8 Å². The normalized spacial score (nSPS) is 13.8. The molecule has 5 nitrogen and oxygen atoms in total. The molecule has 2 amide bonds. The van der Waals surface area contributed by atoms with E-state index in [0.29, 0.717) is 27.5 Å². The van der Waals surface area contributed by atoms with Crippen molar-refractivity contribution < 1.29 is 14.0 Å². The van der Waals surface area contributed by atoms with Crippen LogP contribution in [0.1, 0.15) is 33.6 Å². The summed E-state index contributed by atoms with van der Waals surface area (Å²) in [7, 11) is 0. The molecule has 1 aliphatic carbocycles. The van der Waals surface area contributed by atoms with Gasteiger partial charge in [0.2, 0.25) is 0 Å². The quantitative estimate of drug-likeness (QED) is 0.891. The van der Waals surface area contributed by atoms with Gasteiger partial charge in [-0.25, -0.2) is 0 Å². The second kappa shape index (κ2) is 5.73. The highest BCUT2D eigenvalue weighted by atomic mass is 79.9. The van der Waals surface area contributed by atoms with Crippen molar-refractivity contribution in [2.24, 2.45) is 0 Å². The molecule has 1 saturated carbocycles. The maximum Gasteiger partial charge on any atom is 0.260 e. The molecule has 1 aliphatic rings. The van der Waals surface area contributed by atoms with Gasteiger partial charge in [0.1, 0.15) is 0 Å². The SMILES string of the molecule is O=C(NC1CC1)c1cccc(NC(=O)c2ccoc2Br)c1. The van der Waals surface area contributed by atoms with Crippen LogP contribution in [0.15, 0.2) is 45.7 Å². The highest BCUT2D eigenvalue weighted by Gasteiger charge is 2.23. The fraction of sp³-hybridized carbons (Fsp3) is 0.200. The van der Waals surface area contributed by atoms with E-state index in [1.165, 1.54) is 6.26 Å². The van der Waals surface area contributed by atoms with Crippen LogP contribution in [-0.2, 0) is 0 Å². The number of anilines is 1. The van der Waals surface area contributed by atoms with Gasteiger partial charge in [0.25, 0.3) is 11.8 Å². The second-order valence-corrected chi connectivity index (χ2v) is 5.61. The Kier molecular flexibility index (Phi) is 3.79. The molecule has 2 N–H and O–H groups in total. The Morgan fingerprint density at radius 2 is 2.00 bits per heavy atom. The summed E-state index contributed by atoms with van der Waals surface area (Å²) in [6.45, 7) is 0. The van der Waals surface area contributed by atoms with Crippen LogP contribution in [-0.4, -0.2) is 17.9 Å². The summed E-state index contributed by atoms with van der Waals surface area (Å²) in [5.74, 6) is -0.409. The standard InChI is InChI=1S/C15H13BrN2O3/c16-13-12(6-7-21-13)15(20)18-11-3-1-2-9(8-11)14(19)17-10-4-5-10/h1-3,6-8,10H,4-5H2,(H,17,19)(H,18,20). The van der Waals surface area contributed by atoms with Crippen LogP contribution in [0.3, 0.4) is 0 Å². The van der Waals surface area contributed by atoms with Crippen LogP contribution in [0.4, 0.5) is 5.69 Å². The van der Waals surface area contributed by atoms with Crippen LogP contribution >= 0.6 is 15.9 Å². The molecule has 0 aliphatic heterocycles. The van der Waals surface area contributed by atoms with Gasteiger partial charge in [0, 0.05) is 17.3 Å². The zero-order valence-corrected chi connectivity index (χ0v) is 12.6. The van der Waals surface area contributed by atoms with Crippen LogP contribution < -0.4 is 10.6 Å². The fourth-order valence-corrected chi connectivity index (χ4v) is 2.31. The van der Waals surface area contributed by atoms with Crippen LogP contribution in [0.25, 0.3) is 0 Å². The molecular weight excluding hydrogens is 336 g/mol. The van der Waals surface area contributed by atoms with Crippen molar-refractivity contribution in [1.82, 2.24) is 5.32 Å². The highest BCUT2D eigenvalue weighted by molar-refractivity contribution is 9.10. The molecule has 6 heteroatoms. The zero-order valence-electron chi connectivity index (χ0n) is 11.1. The van der Waals surface area contributed by atoms with E-state index in [1.807, 2.05) is 0 Å². The lowest BCUT2D eigenvalue weighted by Gasteiger charge is -2.07. The molecule has 0 bridgehead atoms. The highest BCUT2D eigenvalue weighted by Crippen LogP contribution is 2.21. The van der Waals surface area contributed by atoms with Gasteiger partial charge in [-0.3, -0.25) is 9.59 Å². The van der Waals surface area contributed by atoms with E-state index in [9.17, 15) is 9.59 Å². The van der Waals surface area contributed by atoms with Crippen LogP contribution in [0.5, 0.6) is 0 Å². The summed E-state index contributed by atoms with van der Waals surface area (Å²) in [5, 5.41) is 5.65. The Labute approximate surface area is 129 Å². The Morgan fingerprint density at radius 1 is 1.19 bits per heavy atom. The van der Waals surface area contributed by atoms with Gasteiger partial charge >= 0.3 is 0 Å². The number of halogens is 1. The number of rotatable bonds is 4. The van der Waals surface area contributed by atoms with Crippen molar-refractivity contribution >= 4 is 33.4 Å². The summed E-state index contributed by atoms with van der Waals surface area (Å²) >= 11 is 3.16. The molecule has 21 heavy (non-hydrogen) atoms. The second-order valence-electron chi connectivity index (χ2n) is 4.89. The third kappa shape index (κ3) is 3.33. The first-order chi connectivity index (χ1) is 10.1. The summed E-state index contributed by atoms with van der Waals surface area (Å²) < 4.78 is 5.41. The largest absolute Gasteiger partial charge is 0.457 e. The lowest BCUT2D eigenvalue weighted by Crippen LogP contribution is -2.25. The first-order valence-electron chi connectivity index (χ1n) is 6.59. The molecule has 0 spiro atoms. The number of benzene rings is 1. The summed E-state index contributed by atoms with van der Waals surface area (Å²) in [6, 6.07) is 8.73. The predicted octanol–water partition coefficient (Wildman–Crippen LogP) is 3.19. The van der Waals surface area contributed by atoms with E-state index in [4.69, 9.17) is 4.42 Å². The molecular formula is C15H13BrN2O3. The number of hydrogen-bond donors (Lipinski definition) is 2. The van der Waals surface area contributed by atoms with E-state index >= 15 is 0 Å². The Balaban J connectivity index is 1.72. The Morgan fingerprint density at radius 3 is 2.67 bits per heavy atom. The van der Waals surface area contributed by atoms with Gasteiger partial charge < -0.3 is 15.1 Å². The molecule has 3 rings (SSSR count). The molecule has 2 aromatic rings. The van der Waals surface area contributed by atoms with Gasteiger partial charge in [-0.15, -0.1) is 0 Å². The average Bonchev–Trinajstić information content (AvgIpc) is 3.17. The van der Waals surface area contributed by atoms with Crippen LogP contribution in [0, 0.1) is 0 Å². The van der Waals surface area contributed by atoms with E-state index in [1.54, 1.807) is 30.3 Å². The summed E-state index contributed by atoms with van der Waals surface area (Å²) in [4.78, 5) is 24.0. The van der Waals surface area contributed by atoms with Gasteiger partial charge in [0.15, 0.2) is 4.67 Å². The van der Waals surface area contributed by atoms with Crippen molar-refractivity contribution in [3.05, 3.63) is 52.4 Å². The third-order valence-electron chi connectivity index (χ3n) is 3.16. The first kappa shape index (κ1) is 13.9. The number of carbonyl (C=O) groups excluding carboxylic acids is 2. The lowest BCUT2D eigenvalue weighted by molar-refractivity contribution is 0.0949. The van der Waals surface area contributed by atoms with Gasteiger partial charge in [0.05, 0.1) is 11.8 Å². The van der Waals surface area contributed by atoms with Crippen molar-refractivity contribution in [1.29, 1.82) is 0 Å². The molecule has 1 aromatic heterocycles. The molecule has 1 fully saturated rings. The molecule has 108 valence electrons. The van der Waals surface area contributed by atoms with E-state index in [2.05, 4.69) is 26.6 Å². The van der Waals surface area contributed by atoms with Crippen molar-refractivity contribution in [2.75, 3.05) is 5.32 Å². The minimum Gasteiger partial charge on any atom is -0.457 e.